The lowest BCUT2D eigenvalue weighted by atomic mass is 10.0. The van der Waals surface area contributed by atoms with Crippen LogP contribution in [0.3, 0.4) is 0 Å². The number of nitrogens with one attached hydrogen (secondary N) is 1. The summed E-state index contributed by atoms with van der Waals surface area (Å²) in [7, 11) is 0. The fraction of sp³-hybridized carbons (Fsp3) is 0.909. The van der Waals surface area contributed by atoms with Crippen molar-refractivity contribution in [2.24, 2.45) is 0 Å². The number of allylic oxidation sites excluding steroid dienone is 3. The molecule has 2 unspecified atom stereocenters. The van der Waals surface area contributed by atoms with E-state index in [1.165, 1.54) is 295 Å². The minimum Gasteiger partial charge on any atom is -0.466 e. The van der Waals surface area contributed by atoms with E-state index in [9.17, 15) is 19.8 Å². The molecule has 0 heterocycles. The molecule has 6 heteroatoms. The van der Waals surface area contributed by atoms with Crippen molar-refractivity contribution >= 4 is 11.9 Å². The number of unbranched alkanes of at least 4 members (excludes halogenated alkanes) is 48. The number of amides is 1. The zero-order valence-corrected chi connectivity index (χ0v) is 48.7. The van der Waals surface area contributed by atoms with Crippen LogP contribution in [-0.2, 0) is 14.3 Å². The third-order valence-corrected chi connectivity index (χ3v) is 15.2. The first kappa shape index (κ1) is 70.3. The van der Waals surface area contributed by atoms with Gasteiger partial charge in [0.1, 0.15) is 0 Å². The van der Waals surface area contributed by atoms with Crippen LogP contribution in [0.2, 0.25) is 0 Å². The van der Waals surface area contributed by atoms with Crippen LogP contribution in [0.5, 0.6) is 0 Å². The quantitative estimate of drug-likeness (QED) is 0.0320. The highest BCUT2D eigenvalue weighted by molar-refractivity contribution is 5.76. The molecule has 0 radical (unpaired) electrons. The molecule has 0 aromatic carbocycles. The average Bonchev–Trinajstić information content (AvgIpc) is 3.38. The van der Waals surface area contributed by atoms with Crippen LogP contribution < -0.4 is 5.32 Å². The summed E-state index contributed by atoms with van der Waals surface area (Å²) in [5.74, 6) is -0.0487. The number of carbonyl (C=O) groups is 2. The highest BCUT2D eigenvalue weighted by atomic mass is 16.5. The lowest BCUT2D eigenvalue weighted by Gasteiger charge is -2.20. The molecule has 0 saturated heterocycles. The number of hydrogen-bond acceptors (Lipinski definition) is 5. The summed E-state index contributed by atoms with van der Waals surface area (Å²) in [6, 6.07) is -0.626. The highest BCUT2D eigenvalue weighted by Gasteiger charge is 2.18. The zero-order chi connectivity index (χ0) is 52.2. The van der Waals surface area contributed by atoms with Crippen molar-refractivity contribution in [3.63, 3.8) is 0 Å². The number of ether oxygens (including phenoxy) is 1. The first-order valence-electron chi connectivity index (χ1n) is 32.6. The highest BCUT2D eigenvalue weighted by Crippen LogP contribution is 2.18. The molecule has 426 valence electrons. The molecule has 1 amide bonds. The minimum atomic E-state index is -0.842. The molecule has 0 aromatic rings. The average molecular weight is 1010 g/mol. The van der Waals surface area contributed by atoms with E-state index >= 15 is 0 Å². The Morgan fingerprint density at radius 2 is 0.653 bits per heavy atom. The molecule has 3 N–H and O–H groups in total. The Labute approximate surface area is 450 Å². The molecule has 0 aliphatic rings. The normalized spacial score (nSPS) is 12.7. The maximum Gasteiger partial charge on any atom is 0.305 e. The van der Waals surface area contributed by atoms with Gasteiger partial charge >= 0.3 is 5.97 Å². The smallest absolute Gasteiger partial charge is 0.305 e. The van der Waals surface area contributed by atoms with E-state index in [2.05, 4.69) is 31.3 Å². The molecule has 0 aromatic heterocycles. The molecule has 0 saturated carbocycles. The van der Waals surface area contributed by atoms with Crippen molar-refractivity contribution in [3.05, 3.63) is 24.3 Å². The Kier molecular flexibility index (Phi) is 60.5. The van der Waals surface area contributed by atoms with Gasteiger partial charge < -0.3 is 20.3 Å². The van der Waals surface area contributed by atoms with Crippen molar-refractivity contribution in [3.8, 4) is 0 Å². The fourth-order valence-electron chi connectivity index (χ4n) is 10.2. The van der Waals surface area contributed by atoms with Crippen LogP contribution in [0, 0.1) is 0 Å². The lowest BCUT2D eigenvalue weighted by molar-refractivity contribution is -0.143. The lowest BCUT2D eigenvalue weighted by Crippen LogP contribution is -2.45. The van der Waals surface area contributed by atoms with Gasteiger partial charge in [-0.3, -0.25) is 9.59 Å². The third-order valence-electron chi connectivity index (χ3n) is 15.2. The van der Waals surface area contributed by atoms with Gasteiger partial charge in [-0.25, -0.2) is 0 Å². The van der Waals surface area contributed by atoms with Crippen LogP contribution in [0.4, 0.5) is 0 Å². The van der Waals surface area contributed by atoms with E-state index < -0.39 is 12.1 Å². The Morgan fingerprint density at radius 3 is 0.986 bits per heavy atom. The Bertz CT molecular complexity index is 1120. The van der Waals surface area contributed by atoms with Crippen molar-refractivity contribution in [2.75, 3.05) is 13.2 Å². The summed E-state index contributed by atoms with van der Waals surface area (Å²) in [6.45, 7) is 4.92. The number of rotatable bonds is 61. The summed E-state index contributed by atoms with van der Waals surface area (Å²) in [5.41, 5.74) is 0. The van der Waals surface area contributed by atoms with Gasteiger partial charge in [-0.05, 0) is 57.8 Å². The number of hydrogen-bond donors (Lipinski definition) is 3. The molecule has 0 bridgehead atoms. The largest absolute Gasteiger partial charge is 0.466 e. The number of esters is 1. The van der Waals surface area contributed by atoms with Crippen LogP contribution in [0.15, 0.2) is 24.3 Å². The fourth-order valence-corrected chi connectivity index (χ4v) is 10.2. The van der Waals surface area contributed by atoms with Crippen molar-refractivity contribution < 1.29 is 24.5 Å². The third kappa shape index (κ3) is 57.6. The van der Waals surface area contributed by atoms with Crippen molar-refractivity contribution in [1.29, 1.82) is 0 Å². The molecule has 0 aliphatic heterocycles. The molecule has 6 nitrogen and oxygen atoms in total. The number of aliphatic hydroxyl groups is 2. The zero-order valence-electron chi connectivity index (χ0n) is 48.7. The molecule has 0 rings (SSSR count). The Hall–Kier alpha value is -1.66. The van der Waals surface area contributed by atoms with Crippen LogP contribution in [0.25, 0.3) is 0 Å². The van der Waals surface area contributed by atoms with Gasteiger partial charge in [0.05, 0.1) is 25.4 Å². The van der Waals surface area contributed by atoms with E-state index in [1.54, 1.807) is 6.08 Å². The molecule has 0 fully saturated rings. The first-order valence-corrected chi connectivity index (χ1v) is 32.6. The molecular weight excluding hydrogens is 887 g/mol. The SMILES string of the molecule is CCCCCCCCCCC/C=C/C(O)C(CO)NC(=O)CCCCCCCCCCCCCC/C=C\CCCCCCCCCCCCCCOC(=O)CCCCCCCCCCCCCCCCCC. The summed E-state index contributed by atoms with van der Waals surface area (Å²) in [5, 5.41) is 23.0. The predicted octanol–water partition coefficient (Wildman–Crippen LogP) is 20.6. The monoisotopic (exact) mass is 1010 g/mol. The molecule has 72 heavy (non-hydrogen) atoms. The first-order chi connectivity index (χ1) is 35.5. The Morgan fingerprint density at radius 1 is 0.375 bits per heavy atom. The summed E-state index contributed by atoms with van der Waals surface area (Å²) in [6.07, 6.45) is 76.7. The second kappa shape index (κ2) is 61.9. The molecule has 0 spiro atoms. The standard InChI is InChI=1S/C66H127NO5/c1-3-5-7-9-11-13-15-16-17-33-36-40-44-48-52-56-60-66(71)72-61-57-53-49-45-41-37-34-31-29-27-25-23-21-19-18-20-22-24-26-28-30-32-35-39-43-47-51-55-59-65(70)67-63(62-68)64(69)58-54-50-46-42-38-14-12-10-8-6-4-2/h18-19,54,58,63-64,68-69H,3-17,20-53,55-57,59-62H2,1-2H3,(H,67,70)/b19-18-,58-54+. The van der Waals surface area contributed by atoms with Gasteiger partial charge in [0.2, 0.25) is 5.91 Å². The molecular formula is C66H127NO5. The minimum absolute atomic E-state index is 0.0193. The van der Waals surface area contributed by atoms with Crippen LogP contribution >= 0.6 is 0 Å². The van der Waals surface area contributed by atoms with E-state index in [-0.39, 0.29) is 18.5 Å². The van der Waals surface area contributed by atoms with Crippen molar-refractivity contribution in [1.82, 2.24) is 5.32 Å². The van der Waals surface area contributed by atoms with Crippen LogP contribution in [0.1, 0.15) is 361 Å². The van der Waals surface area contributed by atoms with E-state index in [1.807, 2.05) is 6.08 Å². The van der Waals surface area contributed by atoms with E-state index in [4.69, 9.17) is 4.74 Å². The predicted molar refractivity (Wildman–Crippen MR) is 315 cm³/mol. The van der Waals surface area contributed by atoms with E-state index in [0.717, 1.165) is 38.5 Å². The molecule has 0 aliphatic carbocycles. The van der Waals surface area contributed by atoms with E-state index in [0.29, 0.717) is 19.4 Å². The van der Waals surface area contributed by atoms with Gasteiger partial charge in [-0.1, -0.05) is 314 Å². The summed E-state index contributed by atoms with van der Waals surface area (Å²) < 4.78 is 5.50. The van der Waals surface area contributed by atoms with Crippen LogP contribution in [-0.4, -0.2) is 47.4 Å². The van der Waals surface area contributed by atoms with Gasteiger partial charge in [-0.15, -0.1) is 0 Å². The van der Waals surface area contributed by atoms with Gasteiger partial charge in [0.25, 0.3) is 0 Å². The van der Waals surface area contributed by atoms with Gasteiger partial charge in [-0.2, -0.15) is 0 Å². The molecule has 2 atom stereocenters. The summed E-state index contributed by atoms with van der Waals surface area (Å²) in [4.78, 5) is 24.5. The van der Waals surface area contributed by atoms with Crippen molar-refractivity contribution in [2.45, 2.75) is 373 Å². The van der Waals surface area contributed by atoms with Gasteiger partial charge in [0, 0.05) is 12.8 Å². The number of carbonyl (C=O) groups excluding carboxylic acids is 2. The summed E-state index contributed by atoms with van der Waals surface area (Å²) >= 11 is 0. The second-order valence-electron chi connectivity index (χ2n) is 22.5. The maximum atomic E-state index is 12.4. The van der Waals surface area contributed by atoms with Gasteiger partial charge in [0.15, 0.2) is 0 Å². The maximum absolute atomic E-state index is 12.4. The topological polar surface area (TPSA) is 95.9 Å². The second-order valence-corrected chi connectivity index (χ2v) is 22.5. The Balaban J connectivity index is 3.35. The number of aliphatic hydroxyl groups excluding tert-OH is 2.